The van der Waals surface area contributed by atoms with E-state index < -0.39 is 0 Å². The van der Waals surface area contributed by atoms with Gasteiger partial charge in [-0.05, 0) is 39.3 Å². The van der Waals surface area contributed by atoms with Crippen molar-refractivity contribution in [2.45, 2.75) is 39.7 Å². The van der Waals surface area contributed by atoms with Crippen LogP contribution in [-0.4, -0.2) is 23.0 Å². The number of ether oxygens (including phenoxy) is 1. The summed E-state index contributed by atoms with van der Waals surface area (Å²) in [5.74, 6) is 0.521. The Balaban J connectivity index is 2.10. The molecule has 0 saturated heterocycles. The van der Waals surface area contributed by atoms with E-state index in [9.17, 15) is 4.79 Å². The molecule has 0 atom stereocenters. The van der Waals surface area contributed by atoms with Crippen LogP contribution in [0.4, 0.5) is 0 Å². The van der Waals surface area contributed by atoms with Gasteiger partial charge in [-0.2, -0.15) is 0 Å². The second-order valence-corrected chi connectivity index (χ2v) is 5.85. The van der Waals surface area contributed by atoms with Gasteiger partial charge >= 0.3 is 0 Å². The zero-order valence-corrected chi connectivity index (χ0v) is 13.1. The van der Waals surface area contributed by atoms with Crippen molar-refractivity contribution in [1.82, 2.24) is 10.3 Å². The molecule has 1 aromatic heterocycles. The third kappa shape index (κ3) is 3.94. The number of hydrogen-bond donors (Lipinski definition) is 1. The van der Waals surface area contributed by atoms with E-state index in [0.29, 0.717) is 5.75 Å². The zero-order chi connectivity index (χ0) is 15.5. The first-order chi connectivity index (χ1) is 9.91. The van der Waals surface area contributed by atoms with Crippen molar-refractivity contribution in [1.29, 1.82) is 0 Å². The molecular formula is C17H22N2O2. The first kappa shape index (κ1) is 15.3. The summed E-state index contributed by atoms with van der Waals surface area (Å²) >= 11 is 0. The van der Waals surface area contributed by atoms with Crippen molar-refractivity contribution in [3.05, 3.63) is 36.0 Å². The molecule has 2 rings (SSSR count). The first-order valence-electron chi connectivity index (χ1n) is 7.21. The molecule has 112 valence electrons. The number of rotatable bonds is 5. The van der Waals surface area contributed by atoms with E-state index in [-0.39, 0.29) is 18.1 Å². The van der Waals surface area contributed by atoms with E-state index in [1.807, 2.05) is 58.0 Å². The van der Waals surface area contributed by atoms with Crippen LogP contribution in [0.3, 0.4) is 0 Å². The summed E-state index contributed by atoms with van der Waals surface area (Å²) in [7, 11) is 0. The van der Waals surface area contributed by atoms with Gasteiger partial charge in [0.15, 0.2) is 6.61 Å². The van der Waals surface area contributed by atoms with Crippen LogP contribution in [0.25, 0.3) is 10.9 Å². The molecule has 1 amide bonds. The van der Waals surface area contributed by atoms with E-state index in [4.69, 9.17) is 4.74 Å². The molecule has 1 N–H and O–H groups in total. The number of nitrogens with zero attached hydrogens (tertiary/aromatic N) is 1. The fourth-order valence-corrected chi connectivity index (χ4v) is 1.98. The highest BCUT2D eigenvalue weighted by molar-refractivity contribution is 5.85. The number of fused-ring (bicyclic) bond motifs is 1. The molecule has 0 unspecified atom stereocenters. The molecule has 1 heterocycles. The van der Waals surface area contributed by atoms with Crippen molar-refractivity contribution in [3.8, 4) is 5.75 Å². The Bertz CT molecular complexity index is 650. The quantitative estimate of drug-likeness (QED) is 0.918. The fourth-order valence-electron chi connectivity index (χ4n) is 1.98. The molecular weight excluding hydrogens is 264 g/mol. The minimum atomic E-state index is -0.214. The maximum absolute atomic E-state index is 11.9. The van der Waals surface area contributed by atoms with Crippen molar-refractivity contribution in [2.24, 2.45) is 0 Å². The number of aromatic nitrogens is 1. The molecule has 0 fully saturated rings. The lowest BCUT2D eigenvalue weighted by Crippen LogP contribution is -2.44. The lowest BCUT2D eigenvalue weighted by molar-refractivity contribution is -0.124. The highest BCUT2D eigenvalue weighted by Crippen LogP contribution is 2.23. The molecule has 21 heavy (non-hydrogen) atoms. The molecule has 4 heteroatoms. The molecule has 0 radical (unpaired) electrons. The van der Waals surface area contributed by atoms with Gasteiger partial charge in [-0.15, -0.1) is 0 Å². The number of para-hydroxylation sites is 1. The van der Waals surface area contributed by atoms with Crippen LogP contribution < -0.4 is 10.1 Å². The summed E-state index contributed by atoms with van der Waals surface area (Å²) in [5.41, 5.74) is 1.50. The molecule has 4 nitrogen and oxygen atoms in total. The maximum atomic E-state index is 11.9. The van der Waals surface area contributed by atoms with Crippen molar-refractivity contribution in [3.63, 3.8) is 0 Å². The van der Waals surface area contributed by atoms with Gasteiger partial charge in [-0.25, -0.2) is 4.98 Å². The molecule has 0 aliphatic rings. The van der Waals surface area contributed by atoms with Crippen LogP contribution in [0.2, 0.25) is 0 Å². The van der Waals surface area contributed by atoms with Gasteiger partial charge in [-0.3, -0.25) is 4.79 Å². The molecule has 0 spiro atoms. The summed E-state index contributed by atoms with van der Waals surface area (Å²) < 4.78 is 5.65. The Morgan fingerprint density at radius 3 is 2.76 bits per heavy atom. The van der Waals surface area contributed by atoms with E-state index in [2.05, 4.69) is 10.3 Å². The van der Waals surface area contributed by atoms with Crippen LogP contribution in [0.15, 0.2) is 30.3 Å². The van der Waals surface area contributed by atoms with Crippen LogP contribution in [0.1, 0.15) is 32.9 Å². The number of amides is 1. The van der Waals surface area contributed by atoms with Gasteiger partial charge in [-0.1, -0.05) is 25.1 Å². The minimum Gasteiger partial charge on any atom is -0.481 e. The average molecular weight is 286 g/mol. The van der Waals surface area contributed by atoms with E-state index in [1.165, 1.54) is 0 Å². The normalized spacial score (nSPS) is 11.4. The number of benzene rings is 1. The topological polar surface area (TPSA) is 51.2 Å². The second-order valence-electron chi connectivity index (χ2n) is 5.85. The number of carbonyl (C=O) groups is 1. The Kier molecular flexibility index (Phi) is 4.46. The Labute approximate surface area is 125 Å². The molecule has 0 saturated carbocycles. The van der Waals surface area contributed by atoms with Crippen LogP contribution in [0.5, 0.6) is 5.75 Å². The standard InChI is InChI=1S/C17H22N2O2/c1-5-17(3,4)19-15(20)11-21-14-8-6-7-13-10-9-12(2)18-16(13)14/h6-10H,5,11H2,1-4H3,(H,19,20). The van der Waals surface area contributed by atoms with Crippen molar-refractivity contribution >= 4 is 16.8 Å². The average Bonchev–Trinajstić information content (AvgIpc) is 2.44. The lowest BCUT2D eigenvalue weighted by atomic mass is 10.0. The number of pyridine rings is 1. The predicted octanol–water partition coefficient (Wildman–Crippen LogP) is 3.23. The fraction of sp³-hybridized carbons (Fsp3) is 0.412. The van der Waals surface area contributed by atoms with Gasteiger partial charge < -0.3 is 10.1 Å². The summed E-state index contributed by atoms with van der Waals surface area (Å²) in [6.45, 7) is 7.96. The summed E-state index contributed by atoms with van der Waals surface area (Å²) in [6.07, 6.45) is 0.869. The molecule has 1 aromatic carbocycles. The third-order valence-corrected chi connectivity index (χ3v) is 3.54. The molecule has 0 aliphatic carbocycles. The molecule has 0 aliphatic heterocycles. The smallest absolute Gasteiger partial charge is 0.258 e. The summed E-state index contributed by atoms with van der Waals surface area (Å²) in [6, 6.07) is 9.69. The monoisotopic (exact) mass is 286 g/mol. The zero-order valence-electron chi connectivity index (χ0n) is 13.1. The number of nitrogens with one attached hydrogen (secondary N) is 1. The lowest BCUT2D eigenvalue weighted by Gasteiger charge is -2.24. The SMILES string of the molecule is CCC(C)(C)NC(=O)COc1cccc2ccc(C)nc12. The molecule has 2 aromatic rings. The van der Waals surface area contributed by atoms with Gasteiger partial charge in [0.25, 0.3) is 5.91 Å². The van der Waals surface area contributed by atoms with Gasteiger partial charge in [0.2, 0.25) is 0 Å². The van der Waals surface area contributed by atoms with Gasteiger partial charge in [0.1, 0.15) is 11.3 Å². The second kappa shape index (κ2) is 6.12. The van der Waals surface area contributed by atoms with Gasteiger partial charge in [0, 0.05) is 16.6 Å². The molecule has 0 bridgehead atoms. The Morgan fingerprint density at radius 1 is 1.29 bits per heavy atom. The van der Waals surface area contributed by atoms with E-state index >= 15 is 0 Å². The van der Waals surface area contributed by atoms with Crippen LogP contribution in [-0.2, 0) is 4.79 Å². The van der Waals surface area contributed by atoms with Crippen LogP contribution >= 0.6 is 0 Å². The van der Waals surface area contributed by atoms with Crippen molar-refractivity contribution < 1.29 is 9.53 Å². The van der Waals surface area contributed by atoms with E-state index in [0.717, 1.165) is 23.0 Å². The highest BCUT2D eigenvalue weighted by Gasteiger charge is 2.18. The number of hydrogen-bond acceptors (Lipinski definition) is 3. The Morgan fingerprint density at radius 2 is 2.05 bits per heavy atom. The highest BCUT2D eigenvalue weighted by atomic mass is 16.5. The summed E-state index contributed by atoms with van der Waals surface area (Å²) in [4.78, 5) is 16.4. The van der Waals surface area contributed by atoms with Gasteiger partial charge in [0.05, 0.1) is 0 Å². The van der Waals surface area contributed by atoms with Crippen molar-refractivity contribution in [2.75, 3.05) is 6.61 Å². The third-order valence-electron chi connectivity index (χ3n) is 3.54. The van der Waals surface area contributed by atoms with E-state index in [1.54, 1.807) is 0 Å². The Hall–Kier alpha value is -2.10. The number of aryl methyl sites for hydroxylation is 1. The van der Waals surface area contributed by atoms with Crippen LogP contribution in [0, 0.1) is 6.92 Å². The first-order valence-corrected chi connectivity index (χ1v) is 7.21. The predicted molar refractivity (Wildman–Crippen MR) is 84.5 cm³/mol. The maximum Gasteiger partial charge on any atom is 0.258 e. The largest absolute Gasteiger partial charge is 0.481 e. The number of carbonyl (C=O) groups excluding carboxylic acids is 1. The minimum absolute atomic E-state index is 0.00182. The summed E-state index contributed by atoms with van der Waals surface area (Å²) in [5, 5.41) is 3.96.